The van der Waals surface area contributed by atoms with Crippen molar-refractivity contribution in [2.75, 3.05) is 7.05 Å². The van der Waals surface area contributed by atoms with Crippen LogP contribution in [0.5, 0.6) is 0 Å². The smallest absolute Gasteiger partial charge is 0.249 e. The van der Waals surface area contributed by atoms with Crippen molar-refractivity contribution in [2.45, 2.75) is 46.2 Å². The first kappa shape index (κ1) is 18.8. The van der Waals surface area contributed by atoms with Crippen molar-refractivity contribution in [1.82, 2.24) is 19.6 Å². The molecule has 0 bridgehead atoms. The molecule has 3 rings (SSSR count). The van der Waals surface area contributed by atoms with Crippen LogP contribution < -0.4 is 0 Å². The number of rotatable bonds is 7. The van der Waals surface area contributed by atoms with E-state index < -0.39 is 0 Å². The maximum atomic E-state index is 12.8. The van der Waals surface area contributed by atoms with E-state index in [4.69, 9.17) is 4.52 Å². The highest BCUT2D eigenvalue weighted by atomic mass is 16.5. The topological polar surface area (TPSA) is 81.2 Å². The van der Waals surface area contributed by atoms with Gasteiger partial charge in [0.25, 0.3) is 0 Å². The Kier molecular flexibility index (Phi) is 5.39. The Labute approximate surface area is 158 Å². The average molecular weight is 368 g/mol. The molecule has 0 radical (unpaired) electrons. The lowest BCUT2D eigenvalue weighted by Gasteiger charge is -2.22. The third-order valence-corrected chi connectivity index (χ3v) is 4.75. The summed E-state index contributed by atoms with van der Waals surface area (Å²) in [6.45, 7) is 5.70. The van der Waals surface area contributed by atoms with Gasteiger partial charge in [-0.25, -0.2) is 0 Å². The van der Waals surface area contributed by atoms with Crippen LogP contribution in [0, 0.1) is 6.92 Å². The number of amides is 1. The van der Waals surface area contributed by atoms with Crippen LogP contribution in [-0.2, 0) is 11.3 Å². The fourth-order valence-corrected chi connectivity index (χ4v) is 3.08. The number of nitrogens with zero attached hydrogens (tertiary/aromatic N) is 4. The van der Waals surface area contributed by atoms with Crippen molar-refractivity contribution in [2.24, 2.45) is 0 Å². The van der Waals surface area contributed by atoms with Crippen LogP contribution in [0.25, 0.3) is 10.9 Å². The van der Waals surface area contributed by atoms with Gasteiger partial charge in [0.15, 0.2) is 11.6 Å². The third kappa shape index (κ3) is 3.77. The van der Waals surface area contributed by atoms with Gasteiger partial charge >= 0.3 is 0 Å². The van der Waals surface area contributed by atoms with Gasteiger partial charge in [-0.05, 0) is 26.3 Å². The minimum absolute atomic E-state index is 0.1000. The van der Waals surface area contributed by atoms with E-state index in [9.17, 15) is 9.59 Å². The molecule has 142 valence electrons. The molecule has 2 aromatic heterocycles. The van der Waals surface area contributed by atoms with Crippen molar-refractivity contribution in [3.05, 3.63) is 47.7 Å². The summed E-state index contributed by atoms with van der Waals surface area (Å²) < 4.78 is 7.01. The zero-order valence-corrected chi connectivity index (χ0v) is 16.1. The second kappa shape index (κ2) is 7.73. The molecule has 7 nitrogen and oxygen atoms in total. The molecule has 1 aromatic carbocycles. The van der Waals surface area contributed by atoms with Gasteiger partial charge in [-0.3, -0.25) is 9.59 Å². The van der Waals surface area contributed by atoms with E-state index >= 15 is 0 Å². The zero-order chi connectivity index (χ0) is 19.6. The summed E-state index contributed by atoms with van der Waals surface area (Å²) in [6, 6.07) is 7.33. The van der Waals surface area contributed by atoms with Gasteiger partial charge in [0.2, 0.25) is 11.8 Å². The van der Waals surface area contributed by atoms with Crippen molar-refractivity contribution >= 4 is 22.6 Å². The number of benzene rings is 1. The highest BCUT2D eigenvalue weighted by molar-refractivity contribution is 6.08. The quantitative estimate of drug-likeness (QED) is 0.596. The van der Waals surface area contributed by atoms with Gasteiger partial charge in [0.05, 0.1) is 0 Å². The maximum Gasteiger partial charge on any atom is 0.249 e. The van der Waals surface area contributed by atoms with E-state index in [1.165, 1.54) is 0 Å². The molecule has 1 amide bonds. The number of carbonyl (C=O) groups is 2. The van der Waals surface area contributed by atoms with Gasteiger partial charge in [-0.15, -0.1) is 0 Å². The summed E-state index contributed by atoms with van der Waals surface area (Å²) in [5.74, 6) is 0.935. The Morgan fingerprint density at radius 2 is 2.04 bits per heavy atom. The van der Waals surface area contributed by atoms with Gasteiger partial charge in [-0.2, -0.15) is 4.98 Å². The number of para-hydroxylation sites is 1. The van der Waals surface area contributed by atoms with Crippen LogP contribution in [0.3, 0.4) is 0 Å². The number of fused-ring (bicyclic) bond motifs is 1. The minimum Gasteiger partial charge on any atom is -0.337 e. The third-order valence-electron chi connectivity index (χ3n) is 4.75. The largest absolute Gasteiger partial charge is 0.337 e. The summed E-state index contributed by atoms with van der Waals surface area (Å²) in [4.78, 5) is 31.0. The second-order valence-electron chi connectivity index (χ2n) is 6.72. The van der Waals surface area contributed by atoms with E-state index in [-0.39, 0.29) is 24.3 Å². The summed E-state index contributed by atoms with van der Waals surface area (Å²) in [5.41, 5.74) is 1.54. The van der Waals surface area contributed by atoms with Crippen LogP contribution in [0.4, 0.5) is 0 Å². The highest BCUT2D eigenvalue weighted by Gasteiger charge is 2.23. The van der Waals surface area contributed by atoms with Crippen LogP contribution in [-0.4, -0.2) is 38.3 Å². The summed E-state index contributed by atoms with van der Waals surface area (Å²) in [7, 11) is 1.71. The monoisotopic (exact) mass is 368 g/mol. The molecule has 2 heterocycles. The number of ketones is 1. The van der Waals surface area contributed by atoms with E-state index in [0.29, 0.717) is 23.7 Å². The average Bonchev–Trinajstić information content (AvgIpc) is 3.25. The summed E-state index contributed by atoms with van der Waals surface area (Å²) >= 11 is 0. The molecular formula is C20H24N4O3. The first-order valence-corrected chi connectivity index (χ1v) is 9.09. The first-order chi connectivity index (χ1) is 12.9. The highest BCUT2D eigenvalue weighted by Crippen LogP contribution is 2.24. The van der Waals surface area contributed by atoms with Crippen LogP contribution >= 0.6 is 0 Å². The molecule has 0 fully saturated rings. The van der Waals surface area contributed by atoms with Crippen LogP contribution in [0.2, 0.25) is 0 Å². The number of aromatic nitrogens is 3. The number of likely N-dealkylation sites (N-methyl/N-ethyl adjacent to an activating group) is 1. The predicted molar refractivity (Wildman–Crippen MR) is 101 cm³/mol. The zero-order valence-electron chi connectivity index (χ0n) is 16.1. The SMILES string of the molecule is CCCC(=O)c1cn(CC(=O)N(C)[C@H](C)c2nc(C)no2)c2ccccc12. The number of aryl methyl sites for hydroxylation is 1. The lowest BCUT2D eigenvalue weighted by atomic mass is 10.1. The lowest BCUT2D eigenvalue weighted by Crippen LogP contribution is -2.32. The Morgan fingerprint density at radius 3 is 2.70 bits per heavy atom. The number of hydrogen-bond donors (Lipinski definition) is 0. The molecule has 0 saturated carbocycles. The number of carbonyl (C=O) groups excluding carboxylic acids is 2. The van der Waals surface area contributed by atoms with Crippen molar-refractivity contribution < 1.29 is 14.1 Å². The van der Waals surface area contributed by atoms with Gasteiger partial charge in [0, 0.05) is 36.1 Å². The molecule has 0 N–H and O–H groups in total. The van der Waals surface area contributed by atoms with Gasteiger partial charge in [-0.1, -0.05) is 30.3 Å². The Hall–Kier alpha value is -2.96. The fourth-order valence-electron chi connectivity index (χ4n) is 3.08. The van der Waals surface area contributed by atoms with E-state index in [1.807, 2.05) is 42.7 Å². The molecule has 7 heteroatoms. The number of hydrogen-bond acceptors (Lipinski definition) is 5. The van der Waals surface area contributed by atoms with Crippen molar-refractivity contribution in [3.8, 4) is 0 Å². The maximum absolute atomic E-state index is 12.8. The fraction of sp³-hybridized carbons (Fsp3) is 0.400. The Balaban J connectivity index is 1.85. The Bertz CT molecular complexity index is 973. The molecule has 27 heavy (non-hydrogen) atoms. The lowest BCUT2D eigenvalue weighted by molar-refractivity contribution is -0.132. The number of Topliss-reactive ketones (excluding diaryl/α,β-unsaturated/α-hetero) is 1. The summed E-state index contributed by atoms with van der Waals surface area (Å²) in [6.07, 6.45) is 3.08. The van der Waals surface area contributed by atoms with Gasteiger partial charge < -0.3 is 14.0 Å². The Morgan fingerprint density at radius 1 is 1.30 bits per heavy atom. The molecule has 3 aromatic rings. The van der Waals surface area contributed by atoms with Gasteiger partial charge in [0.1, 0.15) is 12.6 Å². The van der Waals surface area contributed by atoms with Crippen LogP contribution in [0.15, 0.2) is 35.0 Å². The summed E-state index contributed by atoms with van der Waals surface area (Å²) in [5, 5.41) is 4.66. The van der Waals surface area contributed by atoms with E-state index in [2.05, 4.69) is 10.1 Å². The predicted octanol–water partition coefficient (Wildman–Crippen LogP) is 3.54. The molecule has 0 aliphatic rings. The molecule has 0 aliphatic carbocycles. The van der Waals surface area contributed by atoms with Crippen molar-refractivity contribution in [1.29, 1.82) is 0 Å². The molecule has 0 aliphatic heterocycles. The molecular weight excluding hydrogens is 344 g/mol. The molecule has 0 saturated heterocycles. The minimum atomic E-state index is -0.332. The molecule has 0 spiro atoms. The standard InChI is InChI=1S/C20H24N4O3/c1-5-8-18(25)16-11-24(17-10-7-6-9-15(16)17)12-19(26)23(4)13(2)20-21-14(3)22-27-20/h6-7,9-11,13H,5,8,12H2,1-4H3/t13-/m1/s1. The van der Waals surface area contributed by atoms with Crippen LogP contribution in [0.1, 0.15) is 54.8 Å². The second-order valence-corrected chi connectivity index (χ2v) is 6.72. The van der Waals surface area contributed by atoms with E-state index in [0.717, 1.165) is 17.3 Å². The molecule has 0 unspecified atom stereocenters. The van der Waals surface area contributed by atoms with E-state index in [1.54, 1.807) is 25.1 Å². The van der Waals surface area contributed by atoms with Crippen molar-refractivity contribution in [3.63, 3.8) is 0 Å². The normalized spacial score (nSPS) is 12.3. The first-order valence-electron chi connectivity index (χ1n) is 9.09. The molecule has 1 atom stereocenters.